The van der Waals surface area contributed by atoms with Crippen molar-refractivity contribution < 1.29 is 14.3 Å². The largest absolute Gasteiger partial charge is 0.455 e. The number of carbonyl (C=O) groups excluding carboxylic acids is 2. The van der Waals surface area contributed by atoms with Crippen molar-refractivity contribution in [1.82, 2.24) is 0 Å². The Labute approximate surface area is 165 Å². The summed E-state index contributed by atoms with van der Waals surface area (Å²) in [5.74, 6) is -0.0684. The van der Waals surface area contributed by atoms with E-state index in [1.54, 1.807) is 0 Å². The zero-order valence-corrected chi connectivity index (χ0v) is 17.2. The predicted octanol–water partition coefficient (Wildman–Crippen LogP) is 5.09. The molecule has 0 saturated heterocycles. The molecule has 0 aliphatic carbocycles. The van der Waals surface area contributed by atoms with E-state index < -0.39 is 5.97 Å². The summed E-state index contributed by atoms with van der Waals surface area (Å²) in [7, 11) is 0. The van der Waals surface area contributed by atoms with Gasteiger partial charge in [-0.2, -0.15) is 0 Å². The average molecular weight is 386 g/mol. The lowest BCUT2D eigenvalue weighted by Gasteiger charge is -2.11. The van der Waals surface area contributed by atoms with Crippen LogP contribution in [-0.2, 0) is 14.3 Å². The molecule has 0 unspecified atom stereocenters. The van der Waals surface area contributed by atoms with E-state index in [1.807, 2.05) is 49.4 Å². The first kappa shape index (κ1) is 21.0. The number of esters is 1. The molecule has 1 N–H and O–H groups in total. The van der Waals surface area contributed by atoms with E-state index in [0.29, 0.717) is 11.6 Å². The molecular weight excluding hydrogens is 358 g/mol. The number of nitrogens with one attached hydrogen (secondary N) is 1. The van der Waals surface area contributed by atoms with Gasteiger partial charge in [0.15, 0.2) is 6.61 Å². The lowest BCUT2D eigenvalue weighted by Crippen LogP contribution is -2.21. The van der Waals surface area contributed by atoms with Gasteiger partial charge in [0, 0.05) is 10.6 Å². The van der Waals surface area contributed by atoms with Gasteiger partial charge in [0.2, 0.25) is 0 Å². The second-order valence-electron chi connectivity index (χ2n) is 6.67. The number of carbonyl (C=O) groups is 2. The van der Waals surface area contributed by atoms with E-state index in [4.69, 9.17) is 4.74 Å². The highest BCUT2D eigenvalue weighted by Crippen LogP contribution is 2.22. The fourth-order valence-corrected chi connectivity index (χ4v) is 3.25. The lowest BCUT2D eigenvalue weighted by atomic mass is 9.99. The van der Waals surface area contributed by atoms with Gasteiger partial charge in [-0.15, -0.1) is 11.8 Å². The topological polar surface area (TPSA) is 55.4 Å². The first-order valence-electron chi connectivity index (χ1n) is 9.14. The Balaban J connectivity index is 1.74. The summed E-state index contributed by atoms with van der Waals surface area (Å²) in [5, 5.41) is 2.75. The normalized spacial score (nSPS) is 11.7. The number of thioether (sulfide) groups is 1. The maximum Gasteiger partial charge on any atom is 0.316 e. The lowest BCUT2D eigenvalue weighted by molar-refractivity contribution is -0.144. The average Bonchev–Trinajstić information content (AvgIpc) is 2.67. The third kappa shape index (κ3) is 6.75. The molecule has 1 atom stereocenters. The van der Waals surface area contributed by atoms with E-state index in [9.17, 15) is 9.59 Å². The summed E-state index contributed by atoms with van der Waals surface area (Å²) in [6.07, 6.45) is 1.07. The Morgan fingerprint density at radius 2 is 1.78 bits per heavy atom. The van der Waals surface area contributed by atoms with Crippen LogP contribution < -0.4 is 5.32 Å². The maximum atomic E-state index is 12.0. The monoisotopic (exact) mass is 385 g/mol. The van der Waals surface area contributed by atoms with E-state index in [2.05, 4.69) is 26.1 Å². The van der Waals surface area contributed by atoms with Crippen LogP contribution in [0.2, 0.25) is 0 Å². The summed E-state index contributed by atoms with van der Waals surface area (Å²) >= 11 is 1.41. The number of rotatable bonds is 8. The van der Waals surface area contributed by atoms with Gasteiger partial charge >= 0.3 is 5.97 Å². The number of hydrogen-bond donors (Lipinski definition) is 1. The van der Waals surface area contributed by atoms with E-state index >= 15 is 0 Å². The highest BCUT2D eigenvalue weighted by molar-refractivity contribution is 8.00. The van der Waals surface area contributed by atoms with E-state index in [1.165, 1.54) is 28.5 Å². The molecule has 4 nitrogen and oxygen atoms in total. The van der Waals surface area contributed by atoms with Gasteiger partial charge in [-0.05, 0) is 67.1 Å². The van der Waals surface area contributed by atoms with Crippen molar-refractivity contribution in [3.63, 3.8) is 0 Å². The first-order valence-corrected chi connectivity index (χ1v) is 10.1. The molecule has 0 spiro atoms. The van der Waals surface area contributed by atoms with Crippen LogP contribution in [0.3, 0.4) is 0 Å². The van der Waals surface area contributed by atoms with Crippen molar-refractivity contribution in [2.45, 2.75) is 44.9 Å². The number of anilines is 1. The first-order chi connectivity index (χ1) is 12.9. The third-order valence-corrected chi connectivity index (χ3v) is 5.54. The third-order valence-electron chi connectivity index (χ3n) is 4.58. The van der Waals surface area contributed by atoms with E-state index in [0.717, 1.165) is 11.3 Å². The minimum atomic E-state index is -0.402. The molecule has 0 saturated carbocycles. The van der Waals surface area contributed by atoms with Crippen molar-refractivity contribution >= 4 is 29.3 Å². The van der Waals surface area contributed by atoms with Crippen LogP contribution in [0.4, 0.5) is 5.69 Å². The zero-order chi connectivity index (χ0) is 19.8. The Kier molecular flexibility index (Phi) is 7.92. The second kappa shape index (κ2) is 10.2. The number of ether oxygens (including phenoxy) is 1. The van der Waals surface area contributed by atoms with Gasteiger partial charge < -0.3 is 10.1 Å². The Bertz CT molecular complexity index is 787. The molecule has 2 aromatic carbocycles. The highest BCUT2D eigenvalue weighted by atomic mass is 32.2. The molecule has 0 aliphatic rings. The number of benzene rings is 2. The van der Waals surface area contributed by atoms with Crippen LogP contribution in [0.25, 0.3) is 0 Å². The van der Waals surface area contributed by atoms with Crippen LogP contribution in [-0.4, -0.2) is 24.2 Å². The predicted molar refractivity (Wildman–Crippen MR) is 111 cm³/mol. The van der Waals surface area contributed by atoms with Crippen LogP contribution in [0.15, 0.2) is 47.4 Å². The van der Waals surface area contributed by atoms with Crippen LogP contribution in [0.1, 0.15) is 42.9 Å². The molecule has 5 heteroatoms. The van der Waals surface area contributed by atoms with Gasteiger partial charge in [0.05, 0.1) is 5.75 Å². The van der Waals surface area contributed by atoms with Crippen molar-refractivity contribution in [2.24, 2.45) is 0 Å². The Hall–Kier alpha value is -2.27. The second-order valence-corrected chi connectivity index (χ2v) is 7.72. The summed E-state index contributed by atoms with van der Waals surface area (Å²) in [6, 6.07) is 13.8. The minimum absolute atomic E-state index is 0.180. The molecule has 1 amide bonds. The van der Waals surface area contributed by atoms with E-state index in [-0.39, 0.29) is 18.3 Å². The molecule has 0 bridgehead atoms. The van der Waals surface area contributed by atoms with Gasteiger partial charge in [0.25, 0.3) is 5.91 Å². The summed E-state index contributed by atoms with van der Waals surface area (Å²) in [6.45, 7) is 8.13. The summed E-state index contributed by atoms with van der Waals surface area (Å²) in [5.41, 5.74) is 4.35. The fraction of sp³-hybridized carbons (Fsp3) is 0.364. The van der Waals surface area contributed by atoms with Crippen molar-refractivity contribution in [3.05, 3.63) is 59.2 Å². The zero-order valence-electron chi connectivity index (χ0n) is 16.4. The maximum absolute atomic E-state index is 12.0. The number of amides is 1. The molecule has 2 rings (SSSR count). The number of hydrogen-bond acceptors (Lipinski definition) is 4. The molecule has 0 fully saturated rings. The van der Waals surface area contributed by atoms with Gasteiger partial charge in [-0.1, -0.05) is 32.0 Å². The van der Waals surface area contributed by atoms with Crippen LogP contribution in [0.5, 0.6) is 0 Å². The molecule has 2 aromatic rings. The van der Waals surface area contributed by atoms with Crippen molar-refractivity contribution in [1.29, 1.82) is 0 Å². The SMILES string of the molecule is CC[C@@H](C)c1ccc(NC(=O)COC(=O)CSc2ccc(C)c(C)c2)cc1. The van der Waals surface area contributed by atoms with Gasteiger partial charge in [-0.25, -0.2) is 0 Å². The van der Waals surface area contributed by atoms with Crippen LogP contribution in [0, 0.1) is 13.8 Å². The molecule has 0 aliphatic heterocycles. The van der Waals surface area contributed by atoms with Crippen molar-refractivity contribution in [2.75, 3.05) is 17.7 Å². The molecule has 0 heterocycles. The van der Waals surface area contributed by atoms with Crippen LogP contribution >= 0.6 is 11.8 Å². The van der Waals surface area contributed by atoms with Gasteiger partial charge in [-0.3, -0.25) is 9.59 Å². The fourth-order valence-electron chi connectivity index (χ4n) is 2.46. The van der Waals surface area contributed by atoms with Crippen molar-refractivity contribution in [3.8, 4) is 0 Å². The summed E-state index contributed by atoms with van der Waals surface area (Å²) < 4.78 is 5.06. The Morgan fingerprint density at radius 3 is 2.41 bits per heavy atom. The molecule has 0 aromatic heterocycles. The molecule has 27 heavy (non-hydrogen) atoms. The minimum Gasteiger partial charge on any atom is -0.455 e. The Morgan fingerprint density at radius 1 is 1.07 bits per heavy atom. The quantitative estimate of drug-likeness (QED) is 0.508. The standard InChI is InChI=1S/C22H27NO3S/c1-5-15(2)18-7-9-19(10-8-18)23-21(24)13-26-22(25)14-27-20-11-6-16(3)17(4)12-20/h6-12,15H,5,13-14H2,1-4H3,(H,23,24)/t15-/m1/s1. The highest BCUT2D eigenvalue weighted by Gasteiger charge is 2.10. The number of aryl methyl sites for hydroxylation is 2. The molecule has 144 valence electrons. The molecular formula is C22H27NO3S. The molecule has 0 radical (unpaired) electrons. The summed E-state index contributed by atoms with van der Waals surface area (Å²) in [4.78, 5) is 24.8. The smallest absolute Gasteiger partial charge is 0.316 e. The van der Waals surface area contributed by atoms with Gasteiger partial charge in [0.1, 0.15) is 0 Å².